The molecule has 1 amide bonds. The molecule has 2 aromatic rings. The van der Waals surface area contributed by atoms with Gasteiger partial charge in [-0.05, 0) is 50.7 Å². The standard InChI is InChI=1S/C26H32N2O3/c1-25(2)18-26(11-12-31-25,21-7-4-3-5-8-21)14-24(30)27-15-19-13-20(17-27)22-9-6-10-23(29)28(22)16-19/h3-10,19-20H,11-18H2,1-2H3. The van der Waals surface area contributed by atoms with Crippen LogP contribution in [0.5, 0.6) is 0 Å². The summed E-state index contributed by atoms with van der Waals surface area (Å²) in [4.78, 5) is 28.1. The molecule has 5 nitrogen and oxygen atoms in total. The Balaban J connectivity index is 1.40. The van der Waals surface area contributed by atoms with Gasteiger partial charge >= 0.3 is 0 Å². The fraction of sp³-hybridized carbons (Fsp3) is 0.538. The fourth-order valence-electron chi connectivity index (χ4n) is 6.27. The van der Waals surface area contributed by atoms with Crippen molar-refractivity contribution >= 4 is 5.91 Å². The van der Waals surface area contributed by atoms with Crippen LogP contribution in [0.25, 0.3) is 0 Å². The monoisotopic (exact) mass is 420 g/mol. The van der Waals surface area contributed by atoms with Crippen molar-refractivity contribution in [1.29, 1.82) is 0 Å². The highest BCUT2D eigenvalue weighted by atomic mass is 16.5. The molecule has 3 aliphatic heterocycles. The number of fused-ring (bicyclic) bond motifs is 4. The van der Waals surface area contributed by atoms with E-state index in [1.54, 1.807) is 6.07 Å². The number of carbonyl (C=O) groups is 1. The van der Waals surface area contributed by atoms with Gasteiger partial charge in [0.2, 0.25) is 5.91 Å². The minimum absolute atomic E-state index is 0.0828. The first kappa shape index (κ1) is 20.5. The third-order valence-electron chi connectivity index (χ3n) is 7.55. The lowest BCUT2D eigenvalue weighted by molar-refractivity contribution is -0.139. The number of aromatic nitrogens is 1. The number of benzene rings is 1. The lowest BCUT2D eigenvalue weighted by Crippen LogP contribution is -2.52. The lowest BCUT2D eigenvalue weighted by atomic mass is 9.67. The molecule has 2 saturated heterocycles. The molecule has 0 radical (unpaired) electrons. The second-order valence-electron chi connectivity index (χ2n) is 10.4. The van der Waals surface area contributed by atoms with Crippen molar-refractivity contribution < 1.29 is 9.53 Å². The van der Waals surface area contributed by atoms with Gasteiger partial charge < -0.3 is 14.2 Å². The Morgan fingerprint density at radius 1 is 1.06 bits per heavy atom. The van der Waals surface area contributed by atoms with E-state index in [9.17, 15) is 9.59 Å². The van der Waals surface area contributed by atoms with Gasteiger partial charge in [0.1, 0.15) is 0 Å². The Morgan fingerprint density at radius 3 is 2.65 bits per heavy atom. The second kappa shape index (κ2) is 7.63. The molecule has 4 heterocycles. The van der Waals surface area contributed by atoms with Gasteiger partial charge in [0.15, 0.2) is 0 Å². The number of piperidine rings is 1. The van der Waals surface area contributed by atoms with E-state index in [4.69, 9.17) is 4.74 Å². The van der Waals surface area contributed by atoms with E-state index >= 15 is 0 Å². The molecule has 31 heavy (non-hydrogen) atoms. The number of hydrogen-bond donors (Lipinski definition) is 0. The zero-order chi connectivity index (χ0) is 21.6. The minimum Gasteiger partial charge on any atom is -0.376 e. The van der Waals surface area contributed by atoms with Gasteiger partial charge in [-0.25, -0.2) is 0 Å². The van der Waals surface area contributed by atoms with E-state index in [1.807, 2.05) is 16.7 Å². The second-order valence-corrected chi connectivity index (χ2v) is 10.4. The number of rotatable bonds is 3. The highest BCUT2D eigenvalue weighted by Gasteiger charge is 2.45. The molecule has 5 rings (SSSR count). The summed E-state index contributed by atoms with van der Waals surface area (Å²) in [6.45, 7) is 7.13. The fourth-order valence-corrected chi connectivity index (χ4v) is 6.27. The van der Waals surface area contributed by atoms with Crippen molar-refractivity contribution in [2.45, 2.75) is 63.0 Å². The average Bonchev–Trinajstić information content (AvgIpc) is 2.74. The van der Waals surface area contributed by atoms with Crippen LogP contribution in [0.4, 0.5) is 0 Å². The summed E-state index contributed by atoms with van der Waals surface area (Å²) in [5, 5.41) is 0. The van der Waals surface area contributed by atoms with Gasteiger partial charge in [0, 0.05) is 55.8 Å². The number of nitrogens with zero attached hydrogens (tertiary/aromatic N) is 2. The van der Waals surface area contributed by atoms with Gasteiger partial charge in [-0.15, -0.1) is 0 Å². The van der Waals surface area contributed by atoms with Crippen molar-refractivity contribution in [3.63, 3.8) is 0 Å². The predicted octanol–water partition coefficient (Wildman–Crippen LogP) is 3.71. The van der Waals surface area contributed by atoms with E-state index in [-0.39, 0.29) is 28.4 Å². The summed E-state index contributed by atoms with van der Waals surface area (Å²) in [5.74, 6) is 0.848. The quantitative estimate of drug-likeness (QED) is 0.761. The molecule has 2 fully saturated rings. The summed E-state index contributed by atoms with van der Waals surface area (Å²) in [6, 6.07) is 16.1. The summed E-state index contributed by atoms with van der Waals surface area (Å²) in [6.07, 6.45) is 3.29. The maximum absolute atomic E-state index is 13.7. The van der Waals surface area contributed by atoms with Crippen molar-refractivity contribution in [2.75, 3.05) is 19.7 Å². The molecule has 0 N–H and O–H groups in total. The number of pyridine rings is 1. The number of carbonyl (C=O) groups excluding carboxylic acids is 1. The Bertz CT molecular complexity index is 1030. The summed E-state index contributed by atoms with van der Waals surface area (Å²) >= 11 is 0. The average molecular weight is 421 g/mol. The largest absolute Gasteiger partial charge is 0.376 e. The SMILES string of the molecule is CC1(C)CC(CC(=O)N2CC3CC(C2)c2cccc(=O)n2C3)(c2ccccc2)CCO1. The third-order valence-corrected chi connectivity index (χ3v) is 7.55. The number of amides is 1. The van der Waals surface area contributed by atoms with Crippen LogP contribution >= 0.6 is 0 Å². The molecule has 3 aliphatic rings. The molecule has 3 atom stereocenters. The summed E-state index contributed by atoms with van der Waals surface area (Å²) in [7, 11) is 0. The zero-order valence-corrected chi connectivity index (χ0v) is 18.5. The molecule has 164 valence electrons. The molecule has 1 aromatic carbocycles. The highest BCUT2D eigenvalue weighted by Crippen LogP contribution is 2.45. The van der Waals surface area contributed by atoms with Crippen LogP contribution in [-0.4, -0.2) is 40.7 Å². The number of likely N-dealkylation sites (tertiary alicyclic amines) is 1. The third kappa shape index (κ3) is 3.84. The Labute approximate surface area is 184 Å². The zero-order valence-electron chi connectivity index (χ0n) is 18.5. The summed E-state index contributed by atoms with van der Waals surface area (Å²) < 4.78 is 7.95. The van der Waals surface area contributed by atoms with Crippen molar-refractivity contribution in [3.8, 4) is 0 Å². The molecule has 2 bridgehead atoms. The van der Waals surface area contributed by atoms with E-state index in [2.05, 4.69) is 49.1 Å². The molecular weight excluding hydrogens is 388 g/mol. The molecule has 1 aromatic heterocycles. The predicted molar refractivity (Wildman–Crippen MR) is 120 cm³/mol. The van der Waals surface area contributed by atoms with Crippen LogP contribution in [0.1, 0.15) is 56.7 Å². The van der Waals surface area contributed by atoms with Gasteiger partial charge in [-0.3, -0.25) is 9.59 Å². The van der Waals surface area contributed by atoms with Gasteiger partial charge in [0.05, 0.1) is 5.60 Å². The minimum atomic E-state index is -0.243. The maximum atomic E-state index is 13.7. The topological polar surface area (TPSA) is 51.5 Å². The highest BCUT2D eigenvalue weighted by molar-refractivity contribution is 5.78. The lowest BCUT2D eigenvalue weighted by Gasteiger charge is -2.47. The van der Waals surface area contributed by atoms with E-state index in [0.717, 1.165) is 38.0 Å². The number of hydrogen-bond acceptors (Lipinski definition) is 3. The van der Waals surface area contributed by atoms with E-state index < -0.39 is 0 Å². The molecule has 0 saturated carbocycles. The van der Waals surface area contributed by atoms with Crippen molar-refractivity contribution in [2.24, 2.45) is 5.92 Å². The molecule has 3 unspecified atom stereocenters. The van der Waals surface area contributed by atoms with Crippen LogP contribution < -0.4 is 5.56 Å². The Kier molecular flexibility index (Phi) is 5.04. The summed E-state index contributed by atoms with van der Waals surface area (Å²) in [5.41, 5.74) is 1.98. The van der Waals surface area contributed by atoms with Gasteiger partial charge in [0.25, 0.3) is 5.56 Å². The van der Waals surface area contributed by atoms with Crippen LogP contribution in [0.15, 0.2) is 53.3 Å². The van der Waals surface area contributed by atoms with Gasteiger partial charge in [-0.2, -0.15) is 0 Å². The molecule has 0 aliphatic carbocycles. The van der Waals surface area contributed by atoms with E-state index in [1.165, 1.54) is 5.56 Å². The van der Waals surface area contributed by atoms with Crippen LogP contribution in [0.2, 0.25) is 0 Å². The van der Waals surface area contributed by atoms with E-state index in [0.29, 0.717) is 25.5 Å². The van der Waals surface area contributed by atoms with Crippen LogP contribution in [0.3, 0.4) is 0 Å². The van der Waals surface area contributed by atoms with Crippen molar-refractivity contribution in [3.05, 3.63) is 70.1 Å². The maximum Gasteiger partial charge on any atom is 0.250 e. The van der Waals surface area contributed by atoms with Crippen molar-refractivity contribution in [1.82, 2.24) is 9.47 Å². The smallest absolute Gasteiger partial charge is 0.250 e. The molecule has 5 heteroatoms. The van der Waals surface area contributed by atoms with Gasteiger partial charge in [-0.1, -0.05) is 36.4 Å². The number of ether oxygens (including phenoxy) is 1. The first-order valence-corrected chi connectivity index (χ1v) is 11.5. The first-order valence-electron chi connectivity index (χ1n) is 11.5. The Hall–Kier alpha value is -2.40. The van der Waals surface area contributed by atoms with Crippen LogP contribution in [-0.2, 0) is 21.5 Å². The van der Waals surface area contributed by atoms with Crippen LogP contribution in [0, 0.1) is 5.92 Å². The first-order chi connectivity index (χ1) is 14.9. The molecule has 0 spiro atoms. The molecular formula is C26H32N2O3. The Morgan fingerprint density at radius 2 is 1.87 bits per heavy atom. The normalized spacial score (nSPS) is 29.3.